The van der Waals surface area contributed by atoms with Crippen molar-refractivity contribution in [3.63, 3.8) is 0 Å². The Kier molecular flexibility index (Phi) is 21.5. The molecule has 9 heteroatoms. The maximum atomic E-state index is 12.6. The molecule has 0 saturated heterocycles. The van der Waals surface area contributed by atoms with Crippen molar-refractivity contribution in [3.8, 4) is 0 Å². The maximum Gasteiger partial charge on any atom is 0.326 e. The highest BCUT2D eigenvalue weighted by atomic mass is 16.4. The molecule has 0 radical (unpaired) electrons. The fourth-order valence-electron chi connectivity index (χ4n) is 5.76. The van der Waals surface area contributed by atoms with E-state index in [0.29, 0.717) is 51.0 Å². The van der Waals surface area contributed by atoms with E-state index in [1.807, 2.05) is 0 Å². The van der Waals surface area contributed by atoms with E-state index in [2.05, 4.69) is 10.6 Å². The van der Waals surface area contributed by atoms with Gasteiger partial charge in [0, 0.05) is 31.7 Å². The van der Waals surface area contributed by atoms with E-state index in [9.17, 15) is 29.1 Å². The second-order valence-electron chi connectivity index (χ2n) is 12.4. The molecule has 42 heavy (non-hydrogen) atoms. The topological polar surface area (TPSA) is 150 Å². The molecule has 9 nitrogen and oxygen atoms in total. The van der Waals surface area contributed by atoms with Gasteiger partial charge in [-0.3, -0.25) is 14.4 Å². The van der Waals surface area contributed by atoms with E-state index in [4.69, 9.17) is 5.11 Å². The number of nitrogens with one attached hydrogen (secondary N) is 2. The van der Waals surface area contributed by atoms with Crippen molar-refractivity contribution in [1.82, 2.24) is 10.6 Å². The predicted octanol–water partition coefficient (Wildman–Crippen LogP) is 6.56. The molecule has 1 fully saturated rings. The average molecular weight is 595 g/mol. The first-order chi connectivity index (χ1) is 20.2. The standard InChI is InChI=1S/C33H58N2O7/c1-26(36)17-16-18-29(33(41)42)35-32(40)28-23-21-27(22-24-28)25-34-30(37)19-14-12-10-8-6-4-2-3-5-7-9-11-13-15-20-31(38)39/h27-29H,2-25H2,1H3,(H,34,37)(H,35,40)(H,38,39)(H,41,42)/t27-,28-,29-/m0/s1. The Balaban J connectivity index is 1.97. The Morgan fingerprint density at radius 3 is 1.57 bits per heavy atom. The van der Waals surface area contributed by atoms with Crippen LogP contribution >= 0.6 is 0 Å². The molecule has 1 saturated carbocycles. The van der Waals surface area contributed by atoms with Crippen LogP contribution < -0.4 is 10.6 Å². The number of carboxylic acid groups (broad SMARTS) is 2. The summed E-state index contributed by atoms with van der Waals surface area (Å²) in [6.07, 6.45) is 21.2. The van der Waals surface area contributed by atoms with Gasteiger partial charge in [0.05, 0.1) is 0 Å². The quantitative estimate of drug-likeness (QED) is 0.0828. The third-order valence-electron chi connectivity index (χ3n) is 8.49. The van der Waals surface area contributed by atoms with Crippen molar-refractivity contribution >= 4 is 29.5 Å². The van der Waals surface area contributed by atoms with Crippen LogP contribution in [0.2, 0.25) is 0 Å². The monoisotopic (exact) mass is 594 g/mol. The molecule has 0 unspecified atom stereocenters. The lowest BCUT2D eigenvalue weighted by atomic mass is 9.81. The molecule has 0 heterocycles. The number of unbranched alkanes of at least 4 members (excludes halogenated alkanes) is 13. The SMILES string of the molecule is CC(=O)CCC[C@H](NC(=O)[C@H]1CC[C@H](CNC(=O)CCCCCCCCCCCCCCCCC(=O)O)CC1)C(=O)O. The predicted molar refractivity (Wildman–Crippen MR) is 164 cm³/mol. The highest BCUT2D eigenvalue weighted by molar-refractivity contribution is 5.85. The molecule has 2 amide bonds. The minimum Gasteiger partial charge on any atom is -0.481 e. The second kappa shape index (κ2) is 24.0. The summed E-state index contributed by atoms with van der Waals surface area (Å²) in [5, 5.41) is 23.7. The first-order valence-corrected chi connectivity index (χ1v) is 16.7. The summed E-state index contributed by atoms with van der Waals surface area (Å²) in [7, 11) is 0. The fourth-order valence-corrected chi connectivity index (χ4v) is 5.76. The average Bonchev–Trinajstić information content (AvgIpc) is 2.95. The minimum atomic E-state index is -1.06. The molecule has 0 bridgehead atoms. The number of hydrogen-bond donors (Lipinski definition) is 4. The van der Waals surface area contributed by atoms with Gasteiger partial charge in [0.25, 0.3) is 0 Å². The van der Waals surface area contributed by atoms with Crippen LogP contribution in [0.25, 0.3) is 0 Å². The van der Waals surface area contributed by atoms with Gasteiger partial charge in [0.1, 0.15) is 11.8 Å². The first kappa shape index (κ1) is 37.6. The van der Waals surface area contributed by atoms with Gasteiger partial charge in [-0.1, -0.05) is 77.0 Å². The van der Waals surface area contributed by atoms with Crippen LogP contribution in [0.3, 0.4) is 0 Å². The highest BCUT2D eigenvalue weighted by Crippen LogP contribution is 2.29. The van der Waals surface area contributed by atoms with Crippen molar-refractivity contribution in [2.24, 2.45) is 11.8 Å². The smallest absolute Gasteiger partial charge is 0.326 e. The molecule has 0 aromatic rings. The summed E-state index contributed by atoms with van der Waals surface area (Å²) in [6.45, 7) is 2.11. The van der Waals surface area contributed by atoms with Crippen molar-refractivity contribution in [1.29, 1.82) is 0 Å². The Bertz CT molecular complexity index is 793. The van der Waals surface area contributed by atoms with E-state index >= 15 is 0 Å². The zero-order chi connectivity index (χ0) is 31.0. The van der Waals surface area contributed by atoms with Crippen LogP contribution in [0.4, 0.5) is 0 Å². The molecule has 0 aromatic carbocycles. The number of hydrogen-bond acceptors (Lipinski definition) is 5. The van der Waals surface area contributed by atoms with Gasteiger partial charge in [-0.25, -0.2) is 4.79 Å². The molecule has 1 rings (SSSR count). The Morgan fingerprint density at radius 2 is 1.12 bits per heavy atom. The minimum absolute atomic E-state index is 0.0147. The molecular weight excluding hydrogens is 536 g/mol. The Morgan fingerprint density at radius 1 is 0.643 bits per heavy atom. The molecule has 242 valence electrons. The number of aliphatic carboxylic acids is 2. The summed E-state index contributed by atoms with van der Waals surface area (Å²) in [5.41, 5.74) is 0. The molecule has 0 aliphatic heterocycles. The van der Waals surface area contributed by atoms with E-state index in [0.717, 1.165) is 44.9 Å². The summed E-state index contributed by atoms with van der Waals surface area (Å²) in [5.74, 6) is -1.69. The van der Waals surface area contributed by atoms with Crippen molar-refractivity contribution in [2.45, 2.75) is 161 Å². The van der Waals surface area contributed by atoms with Crippen LogP contribution in [0.1, 0.15) is 155 Å². The number of Topliss-reactive ketones (excluding diaryl/α,β-unsaturated/α-hetero) is 1. The van der Waals surface area contributed by atoms with E-state index < -0.39 is 18.0 Å². The first-order valence-electron chi connectivity index (χ1n) is 16.7. The largest absolute Gasteiger partial charge is 0.481 e. The molecule has 1 aliphatic carbocycles. The summed E-state index contributed by atoms with van der Waals surface area (Å²) in [6, 6.07) is -0.954. The maximum absolute atomic E-state index is 12.6. The number of rotatable bonds is 26. The number of carboxylic acids is 2. The third kappa shape index (κ3) is 20.4. The van der Waals surface area contributed by atoms with Crippen LogP contribution in [-0.4, -0.2) is 52.3 Å². The number of amides is 2. The molecular formula is C33H58N2O7. The normalized spacial score (nSPS) is 17.4. The van der Waals surface area contributed by atoms with Crippen LogP contribution in [-0.2, 0) is 24.0 Å². The summed E-state index contributed by atoms with van der Waals surface area (Å²) in [4.78, 5) is 57.9. The van der Waals surface area contributed by atoms with Gasteiger partial charge < -0.3 is 25.6 Å². The lowest BCUT2D eigenvalue weighted by Crippen LogP contribution is -2.44. The van der Waals surface area contributed by atoms with Gasteiger partial charge in [0.2, 0.25) is 11.8 Å². The molecule has 1 aliphatic rings. The summed E-state index contributed by atoms with van der Waals surface area (Å²) < 4.78 is 0. The van der Waals surface area contributed by atoms with E-state index in [-0.39, 0.29) is 29.9 Å². The van der Waals surface area contributed by atoms with Crippen molar-refractivity contribution < 1.29 is 34.2 Å². The van der Waals surface area contributed by atoms with Crippen molar-refractivity contribution in [2.75, 3.05) is 6.54 Å². The van der Waals surface area contributed by atoms with Gasteiger partial charge in [-0.15, -0.1) is 0 Å². The third-order valence-corrected chi connectivity index (χ3v) is 8.49. The molecule has 4 N–H and O–H groups in total. The van der Waals surface area contributed by atoms with Gasteiger partial charge in [-0.05, 0) is 64.2 Å². The molecule has 0 aromatic heterocycles. The number of carbonyl (C=O) groups is 5. The zero-order valence-electron chi connectivity index (χ0n) is 26.1. The Hall–Kier alpha value is -2.45. The number of ketones is 1. The van der Waals surface area contributed by atoms with Crippen molar-refractivity contribution in [3.05, 3.63) is 0 Å². The summed E-state index contributed by atoms with van der Waals surface area (Å²) >= 11 is 0. The fraction of sp³-hybridized carbons (Fsp3) is 0.848. The lowest BCUT2D eigenvalue weighted by Gasteiger charge is -2.28. The van der Waals surface area contributed by atoms with E-state index in [1.54, 1.807) is 0 Å². The second-order valence-corrected chi connectivity index (χ2v) is 12.4. The van der Waals surface area contributed by atoms with Crippen LogP contribution in [0.15, 0.2) is 0 Å². The van der Waals surface area contributed by atoms with Crippen LogP contribution in [0, 0.1) is 11.8 Å². The molecule has 0 spiro atoms. The van der Waals surface area contributed by atoms with Crippen LogP contribution in [0.5, 0.6) is 0 Å². The Labute approximate surface area is 253 Å². The molecule has 1 atom stereocenters. The van der Waals surface area contributed by atoms with Gasteiger partial charge in [0.15, 0.2) is 0 Å². The van der Waals surface area contributed by atoms with Gasteiger partial charge in [-0.2, -0.15) is 0 Å². The number of carbonyl (C=O) groups excluding carboxylic acids is 3. The highest BCUT2D eigenvalue weighted by Gasteiger charge is 2.29. The zero-order valence-corrected chi connectivity index (χ0v) is 26.1. The van der Waals surface area contributed by atoms with Gasteiger partial charge >= 0.3 is 11.9 Å². The lowest BCUT2D eigenvalue weighted by molar-refractivity contribution is -0.143. The van der Waals surface area contributed by atoms with E-state index in [1.165, 1.54) is 64.7 Å².